The van der Waals surface area contributed by atoms with E-state index in [0.29, 0.717) is 0 Å². The standard InChI is InChI=1S/C22H39N.HI/c1-4-5-6-7-8-9-10-11-12-13-17-20-23-22(2,3)21-18-15-14-16-19-21;/h14-16,18-19,23H,4-13,17,20H2,1-3H3;1H. The van der Waals surface area contributed by atoms with Crippen molar-refractivity contribution in [3.05, 3.63) is 35.9 Å². The second-order valence-corrected chi connectivity index (χ2v) is 7.45. The van der Waals surface area contributed by atoms with Crippen molar-refractivity contribution in [1.29, 1.82) is 0 Å². The summed E-state index contributed by atoms with van der Waals surface area (Å²) in [7, 11) is 0. The molecule has 24 heavy (non-hydrogen) atoms. The molecule has 0 saturated heterocycles. The number of unbranched alkanes of at least 4 members (excludes halogenated alkanes) is 10. The molecular formula is C22H40IN. The fourth-order valence-corrected chi connectivity index (χ4v) is 3.15. The van der Waals surface area contributed by atoms with E-state index in [1.807, 2.05) is 0 Å². The maximum atomic E-state index is 3.71. The Labute approximate surface area is 168 Å². The Bertz CT molecular complexity index is 375. The third kappa shape index (κ3) is 11.5. The Kier molecular flexibility index (Phi) is 15.1. The van der Waals surface area contributed by atoms with Crippen molar-refractivity contribution in [1.82, 2.24) is 5.32 Å². The molecule has 1 aromatic rings. The van der Waals surface area contributed by atoms with Crippen molar-refractivity contribution in [2.75, 3.05) is 6.54 Å². The van der Waals surface area contributed by atoms with Crippen LogP contribution in [0, 0.1) is 0 Å². The molecule has 0 fully saturated rings. The molecule has 0 heterocycles. The summed E-state index contributed by atoms with van der Waals surface area (Å²) >= 11 is 0. The molecule has 1 rings (SSSR count). The van der Waals surface area contributed by atoms with Gasteiger partial charge in [-0.2, -0.15) is 0 Å². The molecular weight excluding hydrogens is 405 g/mol. The zero-order chi connectivity index (χ0) is 16.8. The Morgan fingerprint density at radius 2 is 1.17 bits per heavy atom. The van der Waals surface area contributed by atoms with Crippen molar-refractivity contribution >= 4 is 24.0 Å². The lowest BCUT2D eigenvalue weighted by Crippen LogP contribution is -2.37. The second kappa shape index (κ2) is 15.2. The number of rotatable bonds is 14. The molecule has 0 saturated carbocycles. The average molecular weight is 445 g/mol. The van der Waals surface area contributed by atoms with Crippen LogP contribution in [0.5, 0.6) is 0 Å². The monoisotopic (exact) mass is 445 g/mol. The maximum absolute atomic E-state index is 3.71. The van der Waals surface area contributed by atoms with Crippen LogP contribution in [0.25, 0.3) is 0 Å². The molecule has 0 aromatic heterocycles. The van der Waals surface area contributed by atoms with Crippen LogP contribution in [-0.4, -0.2) is 6.54 Å². The average Bonchev–Trinajstić information content (AvgIpc) is 2.56. The minimum absolute atomic E-state index is 0. The summed E-state index contributed by atoms with van der Waals surface area (Å²) < 4.78 is 0. The van der Waals surface area contributed by atoms with Gasteiger partial charge < -0.3 is 5.32 Å². The molecule has 0 aliphatic carbocycles. The zero-order valence-electron chi connectivity index (χ0n) is 16.3. The van der Waals surface area contributed by atoms with Gasteiger partial charge in [0.15, 0.2) is 0 Å². The number of benzene rings is 1. The summed E-state index contributed by atoms with van der Waals surface area (Å²) in [6, 6.07) is 10.8. The fourth-order valence-electron chi connectivity index (χ4n) is 3.15. The Morgan fingerprint density at radius 3 is 1.67 bits per heavy atom. The van der Waals surface area contributed by atoms with E-state index >= 15 is 0 Å². The SMILES string of the molecule is CCCCCCCCCCCCCNC(C)(C)c1ccccc1.I. The maximum Gasteiger partial charge on any atom is 0.0377 e. The minimum atomic E-state index is 0. The van der Waals surface area contributed by atoms with E-state index in [-0.39, 0.29) is 29.5 Å². The van der Waals surface area contributed by atoms with E-state index < -0.39 is 0 Å². The number of halogens is 1. The molecule has 140 valence electrons. The lowest BCUT2D eigenvalue weighted by atomic mass is 9.94. The first kappa shape index (κ1) is 23.9. The minimum Gasteiger partial charge on any atom is -0.308 e. The van der Waals surface area contributed by atoms with Gasteiger partial charge in [0.1, 0.15) is 0 Å². The molecule has 2 heteroatoms. The van der Waals surface area contributed by atoms with Crippen molar-refractivity contribution < 1.29 is 0 Å². The van der Waals surface area contributed by atoms with Gasteiger partial charge in [0.2, 0.25) is 0 Å². The van der Waals surface area contributed by atoms with Crippen molar-refractivity contribution in [2.24, 2.45) is 0 Å². The molecule has 0 radical (unpaired) electrons. The van der Waals surface area contributed by atoms with Crippen LogP contribution >= 0.6 is 24.0 Å². The number of hydrogen-bond donors (Lipinski definition) is 1. The summed E-state index contributed by atoms with van der Waals surface area (Å²) in [6.45, 7) is 7.97. The van der Waals surface area contributed by atoms with Gasteiger partial charge in [-0.25, -0.2) is 0 Å². The van der Waals surface area contributed by atoms with Crippen molar-refractivity contribution in [2.45, 2.75) is 96.9 Å². The van der Waals surface area contributed by atoms with Crippen LogP contribution in [0.4, 0.5) is 0 Å². The summed E-state index contributed by atoms with van der Waals surface area (Å²) in [5.41, 5.74) is 1.46. The molecule has 0 spiro atoms. The molecule has 1 aromatic carbocycles. The lowest BCUT2D eigenvalue weighted by Gasteiger charge is -2.27. The Hall–Kier alpha value is -0.0900. The highest BCUT2D eigenvalue weighted by Crippen LogP contribution is 2.19. The van der Waals surface area contributed by atoms with Crippen LogP contribution in [0.2, 0.25) is 0 Å². The second-order valence-electron chi connectivity index (χ2n) is 7.45. The van der Waals surface area contributed by atoms with Gasteiger partial charge >= 0.3 is 0 Å². The van der Waals surface area contributed by atoms with Gasteiger partial charge in [-0.1, -0.05) is 101 Å². The number of hydrogen-bond acceptors (Lipinski definition) is 1. The summed E-state index contributed by atoms with van der Waals surface area (Å²) in [4.78, 5) is 0. The van der Waals surface area contributed by atoms with Gasteiger partial charge in [0.05, 0.1) is 0 Å². The molecule has 0 aliphatic heterocycles. The normalized spacial score (nSPS) is 11.3. The predicted octanol–water partition coefficient (Wildman–Crippen LogP) is 7.44. The largest absolute Gasteiger partial charge is 0.308 e. The topological polar surface area (TPSA) is 12.0 Å². The first-order valence-corrected chi connectivity index (χ1v) is 9.97. The van der Waals surface area contributed by atoms with E-state index in [1.165, 1.54) is 76.2 Å². The van der Waals surface area contributed by atoms with Gasteiger partial charge in [-0.3, -0.25) is 0 Å². The van der Waals surface area contributed by atoms with E-state index in [1.54, 1.807) is 0 Å². The Morgan fingerprint density at radius 1 is 0.708 bits per heavy atom. The highest BCUT2D eigenvalue weighted by molar-refractivity contribution is 14.0. The summed E-state index contributed by atoms with van der Waals surface area (Å²) in [6.07, 6.45) is 15.5. The van der Waals surface area contributed by atoms with Crippen molar-refractivity contribution in [3.63, 3.8) is 0 Å². The molecule has 1 nitrogen and oxygen atoms in total. The summed E-state index contributed by atoms with van der Waals surface area (Å²) in [5.74, 6) is 0. The molecule has 0 unspecified atom stereocenters. The lowest BCUT2D eigenvalue weighted by molar-refractivity contribution is 0.394. The molecule has 0 amide bonds. The Balaban J connectivity index is 0.00000529. The van der Waals surface area contributed by atoms with E-state index in [4.69, 9.17) is 0 Å². The van der Waals surface area contributed by atoms with Crippen LogP contribution in [0.3, 0.4) is 0 Å². The molecule has 0 aliphatic rings. The van der Waals surface area contributed by atoms with Gasteiger partial charge in [0.25, 0.3) is 0 Å². The highest BCUT2D eigenvalue weighted by Gasteiger charge is 2.18. The quantitative estimate of drug-likeness (QED) is 0.232. The van der Waals surface area contributed by atoms with Crippen LogP contribution in [0.1, 0.15) is 97.0 Å². The van der Waals surface area contributed by atoms with Crippen molar-refractivity contribution in [3.8, 4) is 0 Å². The van der Waals surface area contributed by atoms with E-state index in [0.717, 1.165) is 6.54 Å². The smallest absolute Gasteiger partial charge is 0.0377 e. The molecule has 0 atom stereocenters. The molecule has 1 N–H and O–H groups in total. The van der Waals surface area contributed by atoms with E-state index in [2.05, 4.69) is 56.4 Å². The third-order valence-corrected chi connectivity index (χ3v) is 4.84. The highest BCUT2D eigenvalue weighted by atomic mass is 127. The predicted molar refractivity (Wildman–Crippen MR) is 119 cm³/mol. The van der Waals surface area contributed by atoms with Gasteiger partial charge in [0, 0.05) is 5.54 Å². The fraction of sp³-hybridized carbons (Fsp3) is 0.727. The van der Waals surface area contributed by atoms with Crippen LogP contribution < -0.4 is 5.32 Å². The summed E-state index contributed by atoms with van der Waals surface area (Å²) in [5, 5.41) is 3.71. The molecule has 0 bridgehead atoms. The zero-order valence-corrected chi connectivity index (χ0v) is 18.6. The number of nitrogens with one attached hydrogen (secondary N) is 1. The first-order chi connectivity index (χ1) is 11.2. The van der Waals surface area contributed by atoms with Gasteiger partial charge in [-0.15, -0.1) is 24.0 Å². The van der Waals surface area contributed by atoms with Crippen LogP contribution in [-0.2, 0) is 5.54 Å². The van der Waals surface area contributed by atoms with Crippen LogP contribution in [0.15, 0.2) is 30.3 Å². The first-order valence-electron chi connectivity index (χ1n) is 9.97. The van der Waals surface area contributed by atoms with E-state index in [9.17, 15) is 0 Å². The van der Waals surface area contributed by atoms with Gasteiger partial charge in [-0.05, 0) is 32.4 Å². The third-order valence-electron chi connectivity index (χ3n) is 4.84.